The Morgan fingerprint density at radius 1 is 0.824 bits per heavy atom. The molecule has 0 saturated carbocycles. The number of hydrogen-bond donors (Lipinski definition) is 4. The van der Waals surface area contributed by atoms with Gasteiger partial charge < -0.3 is 25.2 Å². The fraction of sp³-hybridized carbons (Fsp3) is 1.00. The third-order valence-corrected chi connectivity index (χ3v) is 3.28. The van der Waals surface area contributed by atoms with Crippen LogP contribution >= 0.6 is 0 Å². The molecule has 1 saturated heterocycles. The van der Waals surface area contributed by atoms with Gasteiger partial charge in [-0.3, -0.25) is 0 Å². The first kappa shape index (κ1) is 14.9. The van der Waals surface area contributed by atoms with Gasteiger partial charge >= 0.3 is 0 Å². The Morgan fingerprint density at radius 2 is 1.47 bits per heavy atom. The summed E-state index contributed by atoms with van der Waals surface area (Å²) in [5.74, 6) is 0. The first-order valence-electron chi connectivity index (χ1n) is 6.45. The molecule has 0 unspecified atom stereocenters. The maximum Gasteiger partial charge on any atom is 0.183 e. The van der Waals surface area contributed by atoms with Gasteiger partial charge in [-0.1, -0.05) is 39.0 Å². The second-order valence-electron chi connectivity index (χ2n) is 4.74. The van der Waals surface area contributed by atoms with Gasteiger partial charge in [-0.05, 0) is 6.42 Å². The van der Waals surface area contributed by atoms with Crippen molar-refractivity contribution in [3.8, 4) is 0 Å². The summed E-state index contributed by atoms with van der Waals surface area (Å²) in [7, 11) is 0. The van der Waals surface area contributed by atoms with E-state index in [0.29, 0.717) is 6.42 Å². The molecule has 0 aromatic rings. The number of unbranched alkanes of at least 4 members (excludes halogenated alkanes) is 4. The Bertz CT molecular complexity index is 211. The van der Waals surface area contributed by atoms with Gasteiger partial charge in [0.25, 0.3) is 0 Å². The van der Waals surface area contributed by atoms with Crippen molar-refractivity contribution in [3.63, 3.8) is 0 Å². The molecular formula is C12H24O5. The van der Waals surface area contributed by atoms with Gasteiger partial charge in [-0.25, -0.2) is 0 Å². The number of ether oxygens (including phenoxy) is 1. The molecule has 0 aromatic carbocycles. The van der Waals surface area contributed by atoms with Gasteiger partial charge in [0.15, 0.2) is 6.29 Å². The molecule has 5 heteroatoms. The molecule has 0 bridgehead atoms. The highest BCUT2D eigenvalue weighted by Crippen LogP contribution is 2.23. The number of aliphatic hydroxyl groups is 4. The van der Waals surface area contributed by atoms with E-state index in [1.54, 1.807) is 0 Å². The van der Waals surface area contributed by atoms with Crippen LogP contribution in [-0.4, -0.2) is 51.1 Å². The summed E-state index contributed by atoms with van der Waals surface area (Å²) in [6.45, 7) is 2.14. The Kier molecular flexibility index (Phi) is 6.37. The maximum atomic E-state index is 9.68. The summed E-state index contributed by atoms with van der Waals surface area (Å²) in [5.41, 5.74) is 0. The molecule has 0 radical (unpaired) electrons. The van der Waals surface area contributed by atoms with E-state index < -0.39 is 30.7 Å². The number of aliphatic hydroxyl groups excluding tert-OH is 4. The highest BCUT2D eigenvalue weighted by atomic mass is 16.6. The molecule has 17 heavy (non-hydrogen) atoms. The molecule has 1 fully saturated rings. The van der Waals surface area contributed by atoms with Crippen LogP contribution in [0.3, 0.4) is 0 Å². The molecule has 0 aromatic heterocycles. The Labute approximate surface area is 102 Å². The largest absolute Gasteiger partial charge is 0.388 e. The number of rotatable bonds is 6. The molecule has 1 rings (SSSR count). The topological polar surface area (TPSA) is 90.2 Å². The van der Waals surface area contributed by atoms with E-state index in [2.05, 4.69) is 6.92 Å². The highest BCUT2D eigenvalue weighted by Gasteiger charge is 2.42. The second kappa shape index (κ2) is 7.28. The van der Waals surface area contributed by atoms with Gasteiger partial charge in [0.05, 0.1) is 6.10 Å². The second-order valence-corrected chi connectivity index (χ2v) is 4.74. The van der Waals surface area contributed by atoms with Crippen molar-refractivity contribution >= 4 is 0 Å². The summed E-state index contributed by atoms with van der Waals surface area (Å²) in [4.78, 5) is 0. The lowest BCUT2D eigenvalue weighted by atomic mass is 9.95. The lowest BCUT2D eigenvalue weighted by Crippen LogP contribution is -2.57. The van der Waals surface area contributed by atoms with Crippen LogP contribution in [0.15, 0.2) is 0 Å². The summed E-state index contributed by atoms with van der Waals surface area (Å²) >= 11 is 0. The molecule has 1 heterocycles. The average molecular weight is 248 g/mol. The smallest absolute Gasteiger partial charge is 0.183 e. The van der Waals surface area contributed by atoms with E-state index in [-0.39, 0.29) is 0 Å². The van der Waals surface area contributed by atoms with E-state index in [0.717, 1.165) is 19.3 Å². The van der Waals surface area contributed by atoms with Crippen molar-refractivity contribution in [1.82, 2.24) is 0 Å². The van der Waals surface area contributed by atoms with Crippen molar-refractivity contribution in [1.29, 1.82) is 0 Å². The Hall–Kier alpha value is -0.200. The van der Waals surface area contributed by atoms with E-state index in [4.69, 9.17) is 4.74 Å². The van der Waals surface area contributed by atoms with Crippen LogP contribution in [0.5, 0.6) is 0 Å². The third-order valence-electron chi connectivity index (χ3n) is 3.28. The van der Waals surface area contributed by atoms with Crippen molar-refractivity contribution in [2.45, 2.75) is 76.2 Å². The lowest BCUT2D eigenvalue weighted by molar-refractivity contribution is -0.282. The van der Waals surface area contributed by atoms with Crippen LogP contribution in [0.25, 0.3) is 0 Å². The van der Waals surface area contributed by atoms with Crippen molar-refractivity contribution < 1.29 is 25.2 Å². The van der Waals surface area contributed by atoms with Gasteiger partial charge in [0.2, 0.25) is 0 Å². The zero-order valence-corrected chi connectivity index (χ0v) is 10.3. The molecule has 0 aliphatic carbocycles. The molecule has 0 amide bonds. The third kappa shape index (κ3) is 4.19. The Balaban J connectivity index is 2.28. The predicted octanol–water partition coefficient (Wildman–Crippen LogP) is 0.147. The van der Waals surface area contributed by atoms with Crippen LogP contribution in [0.1, 0.15) is 45.4 Å². The molecular weight excluding hydrogens is 224 g/mol. The molecule has 102 valence electrons. The van der Waals surface area contributed by atoms with Crippen molar-refractivity contribution in [3.05, 3.63) is 0 Å². The molecule has 4 N–H and O–H groups in total. The zero-order chi connectivity index (χ0) is 12.8. The quantitative estimate of drug-likeness (QED) is 0.502. The predicted molar refractivity (Wildman–Crippen MR) is 62.3 cm³/mol. The van der Waals surface area contributed by atoms with E-state index >= 15 is 0 Å². The van der Waals surface area contributed by atoms with Gasteiger partial charge in [0.1, 0.15) is 18.3 Å². The molecule has 1 aliphatic rings. The zero-order valence-electron chi connectivity index (χ0n) is 10.3. The summed E-state index contributed by atoms with van der Waals surface area (Å²) < 4.78 is 5.08. The van der Waals surface area contributed by atoms with Crippen molar-refractivity contribution in [2.75, 3.05) is 0 Å². The van der Waals surface area contributed by atoms with Crippen molar-refractivity contribution in [2.24, 2.45) is 0 Å². The SMILES string of the molecule is CCCCCCC[C@@H]1O[C@@H](O)[C@@H](O)[C@H](O)[C@@H]1O. The van der Waals surface area contributed by atoms with Crippen LogP contribution in [0, 0.1) is 0 Å². The number of hydrogen-bond acceptors (Lipinski definition) is 5. The molecule has 5 nitrogen and oxygen atoms in total. The molecule has 0 spiro atoms. The minimum Gasteiger partial charge on any atom is -0.388 e. The van der Waals surface area contributed by atoms with Gasteiger partial charge in [0, 0.05) is 0 Å². The fourth-order valence-corrected chi connectivity index (χ4v) is 2.12. The standard InChI is InChI=1S/C12H24O5/c1-2-3-4-5-6-7-8-9(13)10(14)11(15)12(16)17-8/h8-16H,2-7H2,1H3/t8-,9+,10+,11-,12+/m0/s1. The lowest BCUT2D eigenvalue weighted by Gasteiger charge is -2.38. The minimum absolute atomic E-state index is 0.589. The summed E-state index contributed by atoms with van der Waals surface area (Å²) in [6, 6.07) is 0. The fourth-order valence-electron chi connectivity index (χ4n) is 2.12. The van der Waals surface area contributed by atoms with E-state index in [1.165, 1.54) is 12.8 Å². The molecule has 1 aliphatic heterocycles. The van der Waals surface area contributed by atoms with E-state index in [1.807, 2.05) is 0 Å². The van der Waals surface area contributed by atoms with E-state index in [9.17, 15) is 20.4 Å². The van der Waals surface area contributed by atoms with Crippen LogP contribution < -0.4 is 0 Å². The monoisotopic (exact) mass is 248 g/mol. The highest BCUT2D eigenvalue weighted by molar-refractivity contribution is 4.88. The van der Waals surface area contributed by atoms with Crippen LogP contribution in [-0.2, 0) is 4.74 Å². The van der Waals surface area contributed by atoms with Gasteiger partial charge in [-0.2, -0.15) is 0 Å². The van der Waals surface area contributed by atoms with Gasteiger partial charge in [-0.15, -0.1) is 0 Å². The normalized spacial score (nSPS) is 38.3. The maximum absolute atomic E-state index is 9.68. The first-order chi connectivity index (χ1) is 8.07. The minimum atomic E-state index is -1.43. The van der Waals surface area contributed by atoms with Crippen LogP contribution in [0.2, 0.25) is 0 Å². The average Bonchev–Trinajstić information content (AvgIpc) is 2.32. The van der Waals surface area contributed by atoms with Crippen LogP contribution in [0.4, 0.5) is 0 Å². The summed E-state index contributed by atoms with van der Waals surface area (Å²) in [6.07, 6.45) is 0.148. The summed E-state index contributed by atoms with van der Waals surface area (Å²) in [5, 5.41) is 37.8. The Morgan fingerprint density at radius 3 is 2.12 bits per heavy atom. The molecule has 5 atom stereocenters. The first-order valence-corrected chi connectivity index (χ1v) is 6.45.